The Labute approximate surface area is 170 Å². The molecule has 0 aromatic carbocycles. The molecule has 4 aromatic heterocycles. The number of halogens is 2. The summed E-state index contributed by atoms with van der Waals surface area (Å²) in [6.45, 7) is 0. The summed E-state index contributed by atoms with van der Waals surface area (Å²) in [6, 6.07) is 4.12. The first-order valence-electron chi connectivity index (χ1n) is 9.54. The predicted molar refractivity (Wildman–Crippen MR) is 109 cm³/mol. The molecule has 0 unspecified atom stereocenters. The molecule has 9 heteroatoms. The molecule has 0 spiro atoms. The van der Waals surface area contributed by atoms with Crippen LogP contribution in [0.25, 0.3) is 22.3 Å². The summed E-state index contributed by atoms with van der Waals surface area (Å²) in [5.41, 5.74) is 8.71. The van der Waals surface area contributed by atoms with Gasteiger partial charge in [-0.25, -0.2) is 28.7 Å². The van der Waals surface area contributed by atoms with Crippen LogP contribution in [0.2, 0.25) is 0 Å². The Hall–Kier alpha value is -3.75. The summed E-state index contributed by atoms with van der Waals surface area (Å²) < 4.78 is 26.9. The molecule has 150 valence electrons. The fraction of sp³-hybridized carbons (Fsp3) is 0.190. The van der Waals surface area contributed by atoms with Crippen molar-refractivity contribution in [3.05, 3.63) is 60.2 Å². The highest BCUT2D eigenvalue weighted by Gasteiger charge is 2.24. The topological polar surface area (TPSA) is 102 Å². The van der Waals surface area contributed by atoms with Crippen LogP contribution < -0.4 is 11.1 Å². The van der Waals surface area contributed by atoms with Crippen molar-refractivity contribution in [3.63, 3.8) is 0 Å². The van der Waals surface area contributed by atoms with Crippen LogP contribution >= 0.6 is 0 Å². The number of anilines is 3. The van der Waals surface area contributed by atoms with Crippen LogP contribution in [0.5, 0.6) is 0 Å². The Morgan fingerprint density at radius 1 is 1.03 bits per heavy atom. The second kappa shape index (κ2) is 7.25. The average molecular weight is 405 g/mol. The predicted octanol–water partition coefficient (Wildman–Crippen LogP) is 4.35. The number of nitrogens with two attached hydrogens (primary N) is 1. The van der Waals surface area contributed by atoms with Gasteiger partial charge in [0.1, 0.15) is 17.5 Å². The Kier molecular flexibility index (Phi) is 4.42. The second-order valence-corrected chi connectivity index (χ2v) is 7.22. The molecule has 4 heterocycles. The largest absolute Gasteiger partial charge is 0.383 e. The van der Waals surface area contributed by atoms with E-state index >= 15 is 0 Å². The molecule has 0 radical (unpaired) electrons. The van der Waals surface area contributed by atoms with Crippen molar-refractivity contribution >= 4 is 28.4 Å². The lowest BCUT2D eigenvalue weighted by molar-refractivity contribution is 0.421. The third-order valence-electron chi connectivity index (χ3n) is 5.28. The molecule has 0 amide bonds. The molecule has 4 aromatic rings. The summed E-state index contributed by atoms with van der Waals surface area (Å²) in [6.07, 6.45) is 9.43. The normalized spacial score (nSPS) is 13.9. The number of pyridine rings is 3. The van der Waals surface area contributed by atoms with Crippen molar-refractivity contribution in [3.8, 4) is 11.4 Å². The van der Waals surface area contributed by atoms with Crippen LogP contribution in [0, 0.1) is 11.6 Å². The number of fused-ring (bicyclic) bond motifs is 1. The molecule has 0 saturated heterocycles. The van der Waals surface area contributed by atoms with E-state index in [0.717, 1.165) is 36.1 Å². The lowest BCUT2D eigenvalue weighted by Gasteiger charge is -2.26. The Bertz CT molecular complexity index is 1260. The van der Waals surface area contributed by atoms with Gasteiger partial charge in [-0.15, -0.1) is 0 Å². The van der Waals surface area contributed by atoms with Crippen LogP contribution in [-0.2, 0) is 0 Å². The van der Waals surface area contributed by atoms with Crippen molar-refractivity contribution in [2.45, 2.75) is 25.2 Å². The van der Waals surface area contributed by atoms with Crippen molar-refractivity contribution in [2.24, 2.45) is 0 Å². The maximum Gasteiger partial charge on any atom is 0.168 e. The number of hydrogen-bond donors (Lipinski definition) is 2. The Morgan fingerprint density at radius 2 is 1.90 bits per heavy atom. The van der Waals surface area contributed by atoms with Crippen molar-refractivity contribution in [1.82, 2.24) is 24.9 Å². The number of aromatic nitrogens is 5. The highest BCUT2D eigenvalue weighted by Crippen LogP contribution is 2.40. The molecule has 0 atom stereocenters. The fourth-order valence-corrected chi connectivity index (χ4v) is 3.56. The Balaban J connectivity index is 1.52. The summed E-state index contributed by atoms with van der Waals surface area (Å²) in [7, 11) is 0. The van der Waals surface area contributed by atoms with Gasteiger partial charge in [-0.3, -0.25) is 4.98 Å². The van der Waals surface area contributed by atoms with Gasteiger partial charge in [0, 0.05) is 29.4 Å². The quantitative estimate of drug-likeness (QED) is 0.520. The van der Waals surface area contributed by atoms with E-state index < -0.39 is 11.6 Å². The van der Waals surface area contributed by atoms with Crippen LogP contribution in [0.4, 0.5) is 26.2 Å². The van der Waals surface area contributed by atoms with Crippen molar-refractivity contribution < 1.29 is 8.78 Å². The van der Waals surface area contributed by atoms with E-state index in [4.69, 9.17) is 5.73 Å². The van der Waals surface area contributed by atoms with Gasteiger partial charge < -0.3 is 11.1 Å². The first kappa shape index (κ1) is 18.3. The van der Waals surface area contributed by atoms with Gasteiger partial charge in [0.05, 0.1) is 17.9 Å². The monoisotopic (exact) mass is 405 g/mol. The Morgan fingerprint density at radius 3 is 2.67 bits per heavy atom. The zero-order valence-corrected chi connectivity index (χ0v) is 15.8. The van der Waals surface area contributed by atoms with E-state index in [1.807, 2.05) is 6.20 Å². The van der Waals surface area contributed by atoms with E-state index in [2.05, 4.69) is 30.2 Å². The van der Waals surface area contributed by atoms with E-state index in [-0.39, 0.29) is 5.82 Å². The number of nitrogen functional groups attached to an aromatic ring is 1. The summed E-state index contributed by atoms with van der Waals surface area (Å²) in [4.78, 5) is 21.3. The molecular formula is C21H17F2N7. The minimum atomic E-state index is -0.817. The highest BCUT2D eigenvalue weighted by molar-refractivity contribution is 5.92. The van der Waals surface area contributed by atoms with Gasteiger partial charge in [-0.2, -0.15) is 0 Å². The van der Waals surface area contributed by atoms with E-state index in [1.54, 1.807) is 18.3 Å². The van der Waals surface area contributed by atoms with E-state index in [9.17, 15) is 8.78 Å². The van der Waals surface area contributed by atoms with Crippen LogP contribution in [-0.4, -0.2) is 24.9 Å². The average Bonchev–Trinajstić information content (AvgIpc) is 2.69. The zero-order valence-electron chi connectivity index (χ0n) is 15.8. The lowest BCUT2D eigenvalue weighted by atomic mass is 9.79. The highest BCUT2D eigenvalue weighted by atomic mass is 19.1. The summed E-state index contributed by atoms with van der Waals surface area (Å²) in [5, 5.41) is 3.59. The molecule has 0 bridgehead atoms. The number of nitrogens with one attached hydrogen (secondary N) is 1. The molecular weight excluding hydrogens is 388 g/mol. The van der Waals surface area contributed by atoms with Gasteiger partial charge in [0.15, 0.2) is 17.5 Å². The first-order chi connectivity index (χ1) is 14.6. The van der Waals surface area contributed by atoms with Gasteiger partial charge in [0.25, 0.3) is 0 Å². The van der Waals surface area contributed by atoms with Gasteiger partial charge in [0.2, 0.25) is 0 Å². The molecule has 1 aliphatic rings. The number of nitrogens with zero attached hydrogens (tertiary/aromatic N) is 5. The minimum Gasteiger partial charge on any atom is -0.383 e. The van der Waals surface area contributed by atoms with Crippen LogP contribution in [0.3, 0.4) is 0 Å². The zero-order chi connectivity index (χ0) is 20.7. The van der Waals surface area contributed by atoms with Crippen molar-refractivity contribution in [1.29, 1.82) is 0 Å². The molecule has 30 heavy (non-hydrogen) atoms. The van der Waals surface area contributed by atoms with Gasteiger partial charge >= 0.3 is 0 Å². The fourth-order valence-electron chi connectivity index (χ4n) is 3.56. The first-order valence-corrected chi connectivity index (χ1v) is 9.54. The molecule has 3 N–H and O–H groups in total. The molecule has 1 aliphatic carbocycles. The SMILES string of the molecule is Nc1nc(-c2ccnc(Nc3ncc(F)cc3F)c2)nc2cncc(C3CCC3)c12. The minimum absolute atomic E-state index is 0.130. The molecule has 7 nitrogen and oxygen atoms in total. The maximum absolute atomic E-state index is 13.9. The van der Waals surface area contributed by atoms with Crippen molar-refractivity contribution in [2.75, 3.05) is 11.1 Å². The smallest absolute Gasteiger partial charge is 0.168 e. The summed E-state index contributed by atoms with van der Waals surface area (Å²) >= 11 is 0. The standard InChI is InChI=1S/C21H17F2N7/c22-13-7-15(23)21(27-8-13)29-17-6-12(4-5-26-17)20-28-16-10-25-9-14(11-2-1-3-11)18(16)19(24)30-20/h4-11H,1-3H2,(H2,24,28,30)(H,26,27,29). The van der Waals surface area contributed by atoms with E-state index in [1.165, 1.54) is 12.6 Å². The molecule has 1 saturated carbocycles. The number of rotatable bonds is 4. The van der Waals surface area contributed by atoms with E-state index in [0.29, 0.717) is 34.5 Å². The molecule has 1 fully saturated rings. The molecule has 0 aliphatic heterocycles. The molecule has 5 rings (SSSR count). The lowest BCUT2D eigenvalue weighted by Crippen LogP contribution is -2.11. The van der Waals surface area contributed by atoms with Gasteiger partial charge in [-0.1, -0.05) is 6.42 Å². The maximum atomic E-state index is 13.9. The third kappa shape index (κ3) is 3.28. The summed E-state index contributed by atoms with van der Waals surface area (Å²) in [5.74, 6) is -0.128. The van der Waals surface area contributed by atoms with Crippen LogP contribution in [0.1, 0.15) is 30.7 Å². The second-order valence-electron chi connectivity index (χ2n) is 7.22. The third-order valence-corrected chi connectivity index (χ3v) is 5.28. The van der Waals surface area contributed by atoms with Gasteiger partial charge in [-0.05, 0) is 36.5 Å². The van der Waals surface area contributed by atoms with Crippen LogP contribution in [0.15, 0.2) is 43.0 Å². The number of hydrogen-bond acceptors (Lipinski definition) is 7.